The summed E-state index contributed by atoms with van der Waals surface area (Å²) in [5.41, 5.74) is 10.7. The van der Waals surface area contributed by atoms with Gasteiger partial charge in [-0.1, -0.05) is 0 Å². The van der Waals surface area contributed by atoms with Gasteiger partial charge in [0.1, 0.15) is 19.0 Å². The third-order valence-corrected chi connectivity index (χ3v) is 5.03. The molecule has 13 nitrogen and oxygen atoms in total. The van der Waals surface area contributed by atoms with Gasteiger partial charge in [0.25, 0.3) is 0 Å². The lowest BCUT2D eigenvalue weighted by Crippen LogP contribution is -2.47. The van der Waals surface area contributed by atoms with E-state index in [0.717, 1.165) is 0 Å². The zero-order valence-electron chi connectivity index (χ0n) is 20.7. The van der Waals surface area contributed by atoms with E-state index < -0.39 is 29.7 Å². The molecule has 1 fully saturated rings. The van der Waals surface area contributed by atoms with Crippen LogP contribution in [-0.4, -0.2) is 88.6 Å². The summed E-state index contributed by atoms with van der Waals surface area (Å²) in [5, 5.41) is 38.8. The minimum Gasteiger partial charge on any atom is -0.504 e. The molecule has 0 saturated carbocycles. The zero-order chi connectivity index (χ0) is 31.5. The Kier molecular flexibility index (Phi) is 13.0. The summed E-state index contributed by atoms with van der Waals surface area (Å²) in [6.45, 7) is 3.03. The Labute approximate surface area is 222 Å². The molecule has 0 radical (unpaired) electrons. The number of carbonyl (C=O) groups is 3. The second kappa shape index (κ2) is 14.6. The predicted octanol–water partition coefficient (Wildman–Crippen LogP) is 1.86. The molecule has 2 rings (SSSR count). The first kappa shape index (κ1) is 35.5. The Hall–Kier alpha value is -4.45. The fourth-order valence-electron chi connectivity index (χ4n) is 2.70. The number of nitrogens with zero attached hydrogens (tertiary/aromatic N) is 1. The van der Waals surface area contributed by atoms with Crippen LogP contribution in [0.1, 0.15) is 25.3 Å². The third-order valence-electron chi connectivity index (χ3n) is 5.03. The average Bonchev–Trinajstić information content (AvgIpc) is 2.82. The summed E-state index contributed by atoms with van der Waals surface area (Å²) >= 11 is 0. The van der Waals surface area contributed by atoms with Gasteiger partial charge in [-0.3, -0.25) is 15.6 Å². The number of hydrogen-bond donors (Lipinski definition) is 7. The van der Waals surface area contributed by atoms with Crippen molar-refractivity contribution in [3.63, 3.8) is 0 Å². The second-order valence-electron chi connectivity index (χ2n) is 8.12. The van der Waals surface area contributed by atoms with E-state index in [-0.39, 0.29) is 42.5 Å². The molecule has 0 unspecified atom stereocenters. The molecule has 1 aromatic carbocycles. The molecule has 1 saturated heterocycles. The van der Waals surface area contributed by atoms with Gasteiger partial charge >= 0.3 is 30.3 Å². The molecule has 0 aliphatic carbocycles. The van der Waals surface area contributed by atoms with Crippen molar-refractivity contribution in [2.24, 2.45) is 16.9 Å². The predicted molar refractivity (Wildman–Crippen MR) is 124 cm³/mol. The molecule has 1 heterocycles. The highest BCUT2D eigenvalue weighted by Crippen LogP contribution is 2.32. The number of amidine groups is 1. The van der Waals surface area contributed by atoms with Crippen molar-refractivity contribution in [3.8, 4) is 11.5 Å². The highest BCUT2D eigenvalue weighted by molar-refractivity contribution is 5.95. The molecule has 1 aliphatic heterocycles. The van der Waals surface area contributed by atoms with Gasteiger partial charge in [-0.25, -0.2) is 9.59 Å². The van der Waals surface area contributed by atoms with Crippen LogP contribution in [-0.2, 0) is 19.1 Å². The Bertz CT molecular complexity index is 1050. The number of halogens is 6. The minimum absolute atomic E-state index is 0.0152. The van der Waals surface area contributed by atoms with E-state index in [0.29, 0.717) is 31.5 Å². The summed E-state index contributed by atoms with van der Waals surface area (Å²) in [7, 11) is 0. The number of nitrogen functional groups attached to an aromatic ring is 1. The maximum Gasteiger partial charge on any atom is 0.490 e. The number of guanidine groups is 1. The first-order valence-corrected chi connectivity index (χ1v) is 10.8. The van der Waals surface area contributed by atoms with Crippen LogP contribution in [0.3, 0.4) is 0 Å². The van der Waals surface area contributed by atoms with E-state index in [1.165, 1.54) is 18.2 Å². The molecule has 0 amide bonds. The van der Waals surface area contributed by atoms with E-state index in [1.54, 1.807) is 4.90 Å². The molecule has 0 bridgehead atoms. The van der Waals surface area contributed by atoms with E-state index in [1.807, 2.05) is 6.92 Å². The van der Waals surface area contributed by atoms with Crippen LogP contribution >= 0.6 is 0 Å². The lowest BCUT2D eigenvalue weighted by Gasteiger charge is -2.37. The van der Waals surface area contributed by atoms with Crippen LogP contribution in [0.4, 0.5) is 26.3 Å². The second-order valence-corrected chi connectivity index (χ2v) is 8.12. The first-order chi connectivity index (χ1) is 18.1. The number of nitrogens with two attached hydrogens (primary N) is 2. The van der Waals surface area contributed by atoms with Crippen LogP contribution in [0.25, 0.3) is 0 Å². The summed E-state index contributed by atoms with van der Waals surface area (Å²) in [4.78, 5) is 31.9. The molecule has 0 atom stereocenters. The topological polar surface area (TPSA) is 233 Å². The lowest BCUT2D eigenvalue weighted by molar-refractivity contribution is -0.193. The number of carboxylic acids is 2. The number of carbonyl (C=O) groups excluding carboxylic acids is 1. The van der Waals surface area contributed by atoms with E-state index >= 15 is 0 Å². The quantitative estimate of drug-likeness (QED) is 0.0829. The number of rotatable bonds is 6. The number of alkyl halides is 6. The molecule has 1 aliphatic rings. The fraction of sp³-hybridized carbons (Fsp3) is 0.476. The Morgan fingerprint density at radius 2 is 1.43 bits per heavy atom. The summed E-state index contributed by atoms with van der Waals surface area (Å²) in [5.74, 6) is -5.85. The number of aliphatic carboxylic acids is 2. The lowest BCUT2D eigenvalue weighted by atomic mass is 9.80. The van der Waals surface area contributed by atoms with Gasteiger partial charge < -0.3 is 41.2 Å². The van der Waals surface area contributed by atoms with Gasteiger partial charge in [0.2, 0.25) is 0 Å². The summed E-state index contributed by atoms with van der Waals surface area (Å²) in [6, 6.07) is 4.36. The maximum atomic E-state index is 12.3. The van der Waals surface area contributed by atoms with E-state index in [4.69, 9.17) is 51.6 Å². The van der Waals surface area contributed by atoms with Crippen molar-refractivity contribution in [2.45, 2.75) is 32.1 Å². The number of nitrogens with one attached hydrogen (secondary N) is 2. The van der Waals surface area contributed by atoms with E-state index in [2.05, 4.69) is 0 Å². The standard InChI is InChI=1S/C17H25N5O4.2C2HF3O2/c1-17(4-6-22(7-5-17)16(20)21)15(24)26-9-8-25-13-10-11(14(18)19)2-3-12(13)23;2*3-2(4,5)1(6)7/h2-3,10,23H,4-9H2,1H3,(H3,18,19)(H3,20,21);2*(H,6,7). The normalized spacial score (nSPS) is 14.3. The SMILES string of the molecule is CC1(C(=O)OCCOc2cc(C(=N)N)ccc2O)CCN(C(=N)N)CC1.O=C(O)C(F)(F)F.O=C(O)C(F)(F)F. The Morgan fingerprint density at radius 3 is 1.80 bits per heavy atom. The number of hydrogen-bond acceptors (Lipinski definition) is 8. The van der Waals surface area contributed by atoms with Crippen molar-refractivity contribution in [2.75, 3.05) is 26.3 Å². The van der Waals surface area contributed by atoms with Gasteiger partial charge in [0, 0.05) is 18.7 Å². The third kappa shape index (κ3) is 12.4. The minimum atomic E-state index is -5.08. The molecule has 0 spiro atoms. The average molecular weight is 591 g/mol. The largest absolute Gasteiger partial charge is 0.504 e. The number of benzene rings is 1. The molecule has 40 heavy (non-hydrogen) atoms. The highest BCUT2D eigenvalue weighted by atomic mass is 19.4. The van der Waals surface area contributed by atoms with Gasteiger partial charge in [0.15, 0.2) is 17.5 Å². The zero-order valence-corrected chi connectivity index (χ0v) is 20.7. The van der Waals surface area contributed by atoms with Crippen molar-refractivity contribution < 1.29 is 65.5 Å². The summed E-state index contributed by atoms with van der Waals surface area (Å²) < 4.78 is 74.2. The Morgan fingerprint density at radius 1 is 0.975 bits per heavy atom. The molecular weight excluding hydrogens is 564 g/mol. The number of phenolic OH excluding ortho intramolecular Hbond substituents is 1. The van der Waals surface area contributed by atoms with Crippen molar-refractivity contribution in [3.05, 3.63) is 23.8 Å². The smallest absolute Gasteiger partial charge is 0.490 e. The van der Waals surface area contributed by atoms with Crippen LogP contribution in [0.15, 0.2) is 18.2 Å². The fourth-order valence-corrected chi connectivity index (χ4v) is 2.70. The molecule has 0 aromatic heterocycles. The maximum absolute atomic E-state index is 12.3. The van der Waals surface area contributed by atoms with Crippen LogP contribution in [0, 0.1) is 16.2 Å². The van der Waals surface area contributed by atoms with Gasteiger partial charge in [-0.05, 0) is 38.0 Å². The summed E-state index contributed by atoms with van der Waals surface area (Å²) in [6.07, 6.45) is -9.04. The van der Waals surface area contributed by atoms with Gasteiger partial charge in [-0.15, -0.1) is 0 Å². The van der Waals surface area contributed by atoms with Crippen molar-refractivity contribution >= 4 is 29.7 Å². The van der Waals surface area contributed by atoms with Gasteiger partial charge in [-0.2, -0.15) is 26.3 Å². The molecule has 9 N–H and O–H groups in total. The molecule has 226 valence electrons. The molecule has 1 aromatic rings. The molecular formula is C21H27F6N5O8. The van der Waals surface area contributed by atoms with Crippen LogP contribution in [0.5, 0.6) is 11.5 Å². The number of piperidine rings is 1. The number of aromatic hydroxyl groups is 1. The van der Waals surface area contributed by atoms with Crippen molar-refractivity contribution in [1.29, 1.82) is 10.8 Å². The highest BCUT2D eigenvalue weighted by Gasteiger charge is 2.39. The number of ether oxygens (including phenoxy) is 2. The van der Waals surface area contributed by atoms with E-state index in [9.17, 15) is 36.2 Å². The Balaban J connectivity index is 0.000000894. The van der Waals surface area contributed by atoms with Gasteiger partial charge in [0.05, 0.1) is 5.41 Å². The van der Waals surface area contributed by atoms with Crippen LogP contribution < -0.4 is 16.2 Å². The number of carboxylic acid groups (broad SMARTS) is 2. The monoisotopic (exact) mass is 591 g/mol. The number of phenols is 1. The first-order valence-electron chi connectivity index (χ1n) is 10.8. The molecule has 19 heteroatoms. The van der Waals surface area contributed by atoms with Crippen LogP contribution in [0.2, 0.25) is 0 Å². The van der Waals surface area contributed by atoms with Crippen molar-refractivity contribution in [1.82, 2.24) is 4.90 Å². The number of likely N-dealkylation sites (tertiary alicyclic amines) is 1. The number of esters is 1.